The summed E-state index contributed by atoms with van der Waals surface area (Å²) in [5.41, 5.74) is 1.49. The molecule has 2 atom stereocenters. The SMILES string of the molecule is CCC1(CCCOC=C2CCCCC2)CCCCS1=O. The van der Waals surface area contributed by atoms with Crippen LogP contribution in [0, 0.1) is 0 Å². The van der Waals surface area contributed by atoms with Crippen molar-refractivity contribution in [3.8, 4) is 0 Å². The standard InChI is InChI=1S/C17H30O2S/c1-2-17(11-6-7-14-20(17)18)12-8-13-19-15-16-9-4-3-5-10-16/h15H,2-14H2,1H3. The Morgan fingerprint density at radius 1 is 1.20 bits per heavy atom. The molecule has 2 nitrogen and oxygen atoms in total. The topological polar surface area (TPSA) is 26.3 Å². The van der Waals surface area contributed by atoms with E-state index in [1.54, 1.807) is 0 Å². The Bertz CT molecular complexity index is 343. The fourth-order valence-electron chi connectivity index (χ4n) is 3.54. The Hall–Kier alpha value is -0.310. The average Bonchev–Trinajstić information content (AvgIpc) is 2.50. The third-order valence-electron chi connectivity index (χ3n) is 4.98. The average molecular weight is 298 g/mol. The van der Waals surface area contributed by atoms with Gasteiger partial charge in [0.2, 0.25) is 0 Å². The molecule has 0 bridgehead atoms. The van der Waals surface area contributed by atoms with Gasteiger partial charge in [-0.2, -0.15) is 0 Å². The van der Waals surface area contributed by atoms with Gasteiger partial charge in [0, 0.05) is 21.3 Å². The van der Waals surface area contributed by atoms with Crippen LogP contribution in [-0.4, -0.2) is 21.3 Å². The summed E-state index contributed by atoms with van der Waals surface area (Å²) in [5, 5.41) is 0. The van der Waals surface area contributed by atoms with Crippen molar-refractivity contribution in [1.82, 2.24) is 0 Å². The molecule has 116 valence electrons. The Morgan fingerprint density at radius 3 is 2.70 bits per heavy atom. The van der Waals surface area contributed by atoms with Crippen LogP contribution in [0.15, 0.2) is 11.8 Å². The van der Waals surface area contributed by atoms with Crippen molar-refractivity contribution in [1.29, 1.82) is 0 Å². The van der Waals surface area contributed by atoms with Crippen LogP contribution in [0.3, 0.4) is 0 Å². The van der Waals surface area contributed by atoms with Gasteiger partial charge in [0.05, 0.1) is 12.9 Å². The minimum Gasteiger partial charge on any atom is -0.501 e. The van der Waals surface area contributed by atoms with Gasteiger partial charge in [-0.05, 0) is 63.4 Å². The second-order valence-corrected chi connectivity index (χ2v) is 8.32. The van der Waals surface area contributed by atoms with E-state index in [-0.39, 0.29) is 4.75 Å². The number of hydrogen-bond donors (Lipinski definition) is 0. The van der Waals surface area contributed by atoms with Crippen LogP contribution in [0.25, 0.3) is 0 Å². The molecule has 2 unspecified atom stereocenters. The van der Waals surface area contributed by atoms with Crippen LogP contribution in [-0.2, 0) is 15.5 Å². The summed E-state index contributed by atoms with van der Waals surface area (Å²) < 4.78 is 18.1. The monoisotopic (exact) mass is 298 g/mol. The smallest absolute Gasteiger partial charge is 0.0873 e. The fourth-order valence-corrected chi connectivity index (χ4v) is 5.51. The van der Waals surface area contributed by atoms with Crippen LogP contribution in [0.2, 0.25) is 0 Å². The molecule has 0 aromatic heterocycles. The highest BCUT2D eigenvalue weighted by molar-refractivity contribution is 7.86. The van der Waals surface area contributed by atoms with E-state index >= 15 is 0 Å². The van der Waals surface area contributed by atoms with Gasteiger partial charge < -0.3 is 4.74 Å². The molecule has 0 N–H and O–H groups in total. The molecular weight excluding hydrogens is 268 g/mol. The lowest BCUT2D eigenvalue weighted by molar-refractivity contribution is 0.227. The van der Waals surface area contributed by atoms with Crippen molar-refractivity contribution in [2.75, 3.05) is 12.4 Å². The minimum atomic E-state index is -0.617. The summed E-state index contributed by atoms with van der Waals surface area (Å²) in [5.74, 6) is 0.915. The van der Waals surface area contributed by atoms with Gasteiger partial charge in [-0.1, -0.05) is 19.8 Å². The molecule has 0 amide bonds. The zero-order valence-electron chi connectivity index (χ0n) is 13.0. The van der Waals surface area contributed by atoms with Crippen LogP contribution < -0.4 is 0 Å². The summed E-state index contributed by atoms with van der Waals surface area (Å²) in [6.45, 7) is 3.00. The lowest BCUT2D eigenvalue weighted by Crippen LogP contribution is -2.38. The first-order valence-electron chi connectivity index (χ1n) is 8.45. The van der Waals surface area contributed by atoms with E-state index in [4.69, 9.17) is 4.74 Å². The summed E-state index contributed by atoms with van der Waals surface area (Å²) >= 11 is 0. The Balaban J connectivity index is 1.70. The molecule has 0 radical (unpaired) electrons. The highest BCUT2D eigenvalue weighted by Crippen LogP contribution is 2.35. The first-order chi connectivity index (χ1) is 9.77. The van der Waals surface area contributed by atoms with Gasteiger partial charge in [0.1, 0.15) is 0 Å². The zero-order chi connectivity index (χ0) is 14.3. The normalized spacial score (nSPS) is 31.1. The molecule has 3 heteroatoms. The third kappa shape index (κ3) is 4.34. The van der Waals surface area contributed by atoms with Crippen molar-refractivity contribution in [3.05, 3.63) is 11.8 Å². The van der Waals surface area contributed by atoms with Gasteiger partial charge in [0.15, 0.2) is 0 Å². The number of allylic oxidation sites excluding steroid dienone is 1. The number of rotatable bonds is 6. The van der Waals surface area contributed by atoms with E-state index in [1.165, 1.54) is 44.1 Å². The number of ether oxygens (including phenoxy) is 1. The van der Waals surface area contributed by atoms with Gasteiger partial charge >= 0.3 is 0 Å². The quantitative estimate of drug-likeness (QED) is 0.524. The Morgan fingerprint density at radius 2 is 2.00 bits per heavy atom. The molecule has 1 heterocycles. The van der Waals surface area contributed by atoms with Crippen molar-refractivity contribution >= 4 is 10.8 Å². The highest BCUT2D eigenvalue weighted by Gasteiger charge is 2.36. The van der Waals surface area contributed by atoms with E-state index in [0.29, 0.717) is 0 Å². The molecule has 0 aromatic carbocycles. The summed E-state index contributed by atoms with van der Waals surface area (Å²) in [6.07, 6.45) is 15.2. The lowest BCUT2D eigenvalue weighted by Gasteiger charge is -2.35. The predicted octanol–water partition coefficient (Wildman–Crippen LogP) is 4.71. The fraction of sp³-hybridized carbons (Fsp3) is 0.882. The van der Waals surface area contributed by atoms with Crippen molar-refractivity contribution in [2.45, 2.75) is 82.3 Å². The van der Waals surface area contributed by atoms with Crippen LogP contribution in [0.1, 0.15) is 77.6 Å². The van der Waals surface area contributed by atoms with E-state index in [2.05, 4.69) is 6.92 Å². The molecule has 0 spiro atoms. The van der Waals surface area contributed by atoms with E-state index in [9.17, 15) is 4.21 Å². The molecule has 1 saturated carbocycles. The van der Waals surface area contributed by atoms with Gasteiger partial charge in [0.25, 0.3) is 0 Å². The lowest BCUT2D eigenvalue weighted by atomic mass is 9.92. The van der Waals surface area contributed by atoms with Crippen molar-refractivity contribution in [2.24, 2.45) is 0 Å². The first kappa shape index (κ1) is 16.1. The summed E-state index contributed by atoms with van der Waals surface area (Å²) in [6, 6.07) is 0. The molecular formula is C17H30O2S. The summed E-state index contributed by atoms with van der Waals surface area (Å²) in [7, 11) is -0.617. The molecule has 2 rings (SSSR count). The van der Waals surface area contributed by atoms with E-state index < -0.39 is 10.8 Å². The maximum absolute atomic E-state index is 12.3. The van der Waals surface area contributed by atoms with Gasteiger partial charge in [-0.3, -0.25) is 4.21 Å². The maximum Gasteiger partial charge on any atom is 0.0873 e. The largest absolute Gasteiger partial charge is 0.501 e. The predicted molar refractivity (Wildman–Crippen MR) is 86.2 cm³/mol. The van der Waals surface area contributed by atoms with Gasteiger partial charge in [-0.15, -0.1) is 0 Å². The highest BCUT2D eigenvalue weighted by atomic mass is 32.2. The van der Waals surface area contributed by atoms with Crippen LogP contribution in [0.4, 0.5) is 0 Å². The van der Waals surface area contributed by atoms with Crippen LogP contribution in [0.5, 0.6) is 0 Å². The third-order valence-corrected chi connectivity index (χ3v) is 7.30. The maximum atomic E-state index is 12.3. The molecule has 2 aliphatic rings. The van der Waals surface area contributed by atoms with Gasteiger partial charge in [-0.25, -0.2) is 0 Å². The molecule has 20 heavy (non-hydrogen) atoms. The van der Waals surface area contributed by atoms with E-state index in [0.717, 1.165) is 44.5 Å². The van der Waals surface area contributed by atoms with Crippen molar-refractivity contribution < 1.29 is 8.95 Å². The first-order valence-corrected chi connectivity index (χ1v) is 9.77. The Kier molecular flexibility index (Phi) is 6.60. The zero-order valence-corrected chi connectivity index (χ0v) is 13.8. The molecule has 1 aliphatic heterocycles. The molecule has 2 fully saturated rings. The van der Waals surface area contributed by atoms with E-state index in [1.807, 2.05) is 6.26 Å². The second-order valence-electron chi connectivity index (χ2n) is 6.35. The molecule has 1 saturated heterocycles. The molecule has 0 aromatic rings. The minimum absolute atomic E-state index is 0.0968. The van der Waals surface area contributed by atoms with Crippen LogP contribution >= 0.6 is 0 Å². The molecule has 1 aliphatic carbocycles. The summed E-state index contributed by atoms with van der Waals surface area (Å²) in [4.78, 5) is 0. The Labute approximate surface area is 126 Å². The second kappa shape index (κ2) is 8.21. The number of hydrogen-bond acceptors (Lipinski definition) is 2. The van der Waals surface area contributed by atoms with Crippen molar-refractivity contribution in [3.63, 3.8) is 0 Å².